The van der Waals surface area contributed by atoms with Crippen molar-refractivity contribution in [1.29, 1.82) is 0 Å². The Bertz CT molecular complexity index is 868. The number of carbonyl (C=O) groups excluding carboxylic acids is 3. The molecule has 1 heterocycles. The third-order valence-electron chi connectivity index (χ3n) is 4.90. The molecule has 132 valence electrons. The summed E-state index contributed by atoms with van der Waals surface area (Å²) < 4.78 is 5.73. The lowest BCUT2D eigenvalue weighted by atomic mass is 9.90. The molecule has 0 aromatic heterocycles. The van der Waals surface area contributed by atoms with E-state index in [0.29, 0.717) is 42.9 Å². The average Bonchev–Trinajstić information content (AvgIpc) is 2.91. The van der Waals surface area contributed by atoms with E-state index in [1.54, 1.807) is 30.3 Å². The molecule has 2 aromatic rings. The number of imide groups is 1. The molecule has 2 aliphatic rings. The van der Waals surface area contributed by atoms with Crippen LogP contribution >= 0.6 is 0 Å². The Morgan fingerprint density at radius 3 is 2.35 bits per heavy atom. The number of hydrogen-bond acceptors (Lipinski definition) is 4. The highest BCUT2D eigenvalue weighted by atomic mass is 16.5. The molecule has 0 radical (unpaired) electrons. The highest BCUT2D eigenvalue weighted by Gasteiger charge is 2.34. The van der Waals surface area contributed by atoms with Crippen LogP contribution in [0.5, 0.6) is 5.75 Å². The minimum atomic E-state index is -0.245. The Morgan fingerprint density at radius 2 is 1.62 bits per heavy atom. The topological polar surface area (TPSA) is 63.7 Å². The maximum Gasteiger partial charge on any atom is 0.261 e. The Kier molecular flexibility index (Phi) is 4.29. The van der Waals surface area contributed by atoms with Crippen LogP contribution in [0.4, 0.5) is 0 Å². The van der Waals surface area contributed by atoms with E-state index in [2.05, 4.69) is 0 Å². The second-order valence-electron chi connectivity index (χ2n) is 6.61. The lowest BCUT2D eigenvalue weighted by Crippen LogP contribution is -2.31. The fourth-order valence-corrected chi connectivity index (χ4v) is 3.55. The van der Waals surface area contributed by atoms with Gasteiger partial charge in [0.25, 0.3) is 11.8 Å². The number of fused-ring (bicyclic) bond motifs is 2. The highest BCUT2D eigenvalue weighted by Crippen LogP contribution is 2.26. The van der Waals surface area contributed by atoms with E-state index in [0.717, 1.165) is 24.0 Å². The van der Waals surface area contributed by atoms with Crippen molar-refractivity contribution in [2.75, 3.05) is 13.2 Å². The van der Waals surface area contributed by atoms with Gasteiger partial charge in [0, 0.05) is 18.5 Å². The van der Waals surface area contributed by atoms with Crippen LogP contribution in [0.3, 0.4) is 0 Å². The van der Waals surface area contributed by atoms with Gasteiger partial charge in [-0.05, 0) is 49.1 Å². The van der Waals surface area contributed by atoms with Crippen molar-refractivity contribution < 1.29 is 19.1 Å². The van der Waals surface area contributed by atoms with Crippen molar-refractivity contribution in [2.45, 2.75) is 25.7 Å². The number of benzene rings is 2. The number of Topliss-reactive ketones (excluding diaryl/α,β-unsaturated/α-hetero) is 1. The standard InChI is InChI=1S/C21H19NO4/c23-19-8-3-5-14-9-10-15(13-18(14)19)26-12-4-11-22-20(24)16-6-1-2-7-17(16)21(22)25/h1-2,6-7,9-10,13H,3-5,8,11-12H2. The second-order valence-corrected chi connectivity index (χ2v) is 6.61. The molecule has 2 aromatic carbocycles. The molecule has 0 spiro atoms. The molecule has 0 unspecified atom stereocenters. The number of ketones is 1. The fraction of sp³-hybridized carbons (Fsp3) is 0.286. The molecule has 0 N–H and O–H groups in total. The van der Waals surface area contributed by atoms with E-state index >= 15 is 0 Å². The molecule has 4 rings (SSSR count). The molecule has 1 aliphatic carbocycles. The van der Waals surface area contributed by atoms with Crippen LogP contribution in [0, 0.1) is 0 Å². The van der Waals surface area contributed by atoms with Crippen LogP contribution in [-0.4, -0.2) is 35.6 Å². The van der Waals surface area contributed by atoms with Gasteiger partial charge < -0.3 is 4.74 Å². The van der Waals surface area contributed by atoms with E-state index in [-0.39, 0.29) is 17.6 Å². The van der Waals surface area contributed by atoms with Crippen LogP contribution in [0.1, 0.15) is 55.9 Å². The summed E-state index contributed by atoms with van der Waals surface area (Å²) in [5, 5.41) is 0. The van der Waals surface area contributed by atoms with Crippen LogP contribution in [0.25, 0.3) is 0 Å². The van der Waals surface area contributed by atoms with E-state index in [4.69, 9.17) is 4.74 Å². The first-order valence-corrected chi connectivity index (χ1v) is 8.89. The van der Waals surface area contributed by atoms with E-state index < -0.39 is 0 Å². The Morgan fingerprint density at radius 1 is 0.885 bits per heavy atom. The van der Waals surface area contributed by atoms with Crippen LogP contribution < -0.4 is 4.74 Å². The molecule has 0 fully saturated rings. The van der Waals surface area contributed by atoms with Crippen molar-refractivity contribution >= 4 is 17.6 Å². The summed E-state index contributed by atoms with van der Waals surface area (Å²) in [5.41, 5.74) is 2.77. The molecule has 1 aliphatic heterocycles. The van der Waals surface area contributed by atoms with Gasteiger partial charge in [-0.1, -0.05) is 18.2 Å². The second kappa shape index (κ2) is 6.75. The predicted octanol–water partition coefficient (Wildman–Crippen LogP) is 3.27. The number of amides is 2. The molecule has 0 bridgehead atoms. The van der Waals surface area contributed by atoms with Gasteiger partial charge in [-0.3, -0.25) is 19.3 Å². The zero-order chi connectivity index (χ0) is 18.1. The lowest BCUT2D eigenvalue weighted by Gasteiger charge is -2.17. The third kappa shape index (κ3) is 2.90. The zero-order valence-corrected chi connectivity index (χ0v) is 14.4. The number of nitrogens with zero attached hydrogens (tertiary/aromatic N) is 1. The molecule has 0 saturated carbocycles. The summed E-state index contributed by atoms with van der Waals surface area (Å²) in [7, 11) is 0. The largest absolute Gasteiger partial charge is 0.494 e. The molecular formula is C21H19NO4. The number of aryl methyl sites for hydroxylation is 1. The Hall–Kier alpha value is -2.95. The summed E-state index contributed by atoms with van der Waals surface area (Å²) in [5.74, 6) is 0.332. The van der Waals surface area contributed by atoms with Gasteiger partial charge in [0.05, 0.1) is 17.7 Å². The third-order valence-corrected chi connectivity index (χ3v) is 4.90. The van der Waals surface area contributed by atoms with E-state index in [1.165, 1.54) is 4.90 Å². The normalized spacial score (nSPS) is 15.8. The quantitative estimate of drug-likeness (QED) is 0.614. The molecule has 5 heteroatoms. The average molecular weight is 349 g/mol. The summed E-state index contributed by atoms with van der Waals surface area (Å²) >= 11 is 0. The number of ether oxygens (including phenoxy) is 1. The maximum absolute atomic E-state index is 12.3. The van der Waals surface area contributed by atoms with Gasteiger partial charge in [0.2, 0.25) is 0 Å². The predicted molar refractivity (Wildman–Crippen MR) is 95.6 cm³/mol. The van der Waals surface area contributed by atoms with Crippen molar-refractivity contribution in [1.82, 2.24) is 4.90 Å². The first-order chi connectivity index (χ1) is 12.6. The molecular weight excluding hydrogens is 330 g/mol. The summed E-state index contributed by atoms with van der Waals surface area (Å²) in [6.07, 6.45) is 2.97. The molecule has 5 nitrogen and oxygen atoms in total. The van der Waals surface area contributed by atoms with Crippen molar-refractivity contribution in [3.05, 3.63) is 64.7 Å². The monoisotopic (exact) mass is 349 g/mol. The van der Waals surface area contributed by atoms with Crippen molar-refractivity contribution in [3.63, 3.8) is 0 Å². The van der Waals surface area contributed by atoms with E-state index in [9.17, 15) is 14.4 Å². The highest BCUT2D eigenvalue weighted by molar-refractivity contribution is 6.21. The first kappa shape index (κ1) is 16.5. The number of hydrogen-bond donors (Lipinski definition) is 0. The van der Waals surface area contributed by atoms with Gasteiger partial charge >= 0.3 is 0 Å². The smallest absolute Gasteiger partial charge is 0.261 e. The number of rotatable bonds is 5. The molecule has 2 amide bonds. The zero-order valence-electron chi connectivity index (χ0n) is 14.4. The molecule has 0 saturated heterocycles. The Labute approximate surface area is 151 Å². The molecule has 26 heavy (non-hydrogen) atoms. The number of carbonyl (C=O) groups is 3. The van der Waals surface area contributed by atoms with Gasteiger partial charge in [0.1, 0.15) is 5.75 Å². The van der Waals surface area contributed by atoms with Gasteiger partial charge in [-0.25, -0.2) is 0 Å². The lowest BCUT2D eigenvalue weighted by molar-refractivity contribution is 0.0646. The van der Waals surface area contributed by atoms with Crippen LogP contribution in [0.2, 0.25) is 0 Å². The van der Waals surface area contributed by atoms with Gasteiger partial charge in [-0.2, -0.15) is 0 Å². The first-order valence-electron chi connectivity index (χ1n) is 8.89. The van der Waals surface area contributed by atoms with Crippen molar-refractivity contribution in [3.8, 4) is 5.75 Å². The summed E-state index contributed by atoms with van der Waals surface area (Å²) in [6, 6.07) is 12.5. The minimum absolute atomic E-state index is 0.169. The molecule has 0 atom stereocenters. The SMILES string of the molecule is O=C1CCCc2ccc(OCCCN3C(=O)c4ccccc4C3=O)cc21. The summed E-state index contributed by atoms with van der Waals surface area (Å²) in [6.45, 7) is 0.691. The summed E-state index contributed by atoms with van der Waals surface area (Å²) in [4.78, 5) is 37.8. The van der Waals surface area contributed by atoms with Crippen molar-refractivity contribution in [2.24, 2.45) is 0 Å². The maximum atomic E-state index is 12.3. The van der Waals surface area contributed by atoms with Gasteiger partial charge in [-0.15, -0.1) is 0 Å². The van der Waals surface area contributed by atoms with Gasteiger partial charge in [0.15, 0.2) is 5.78 Å². The minimum Gasteiger partial charge on any atom is -0.494 e. The van der Waals surface area contributed by atoms with Crippen LogP contribution in [-0.2, 0) is 6.42 Å². The Balaban J connectivity index is 1.34. The fourth-order valence-electron chi connectivity index (χ4n) is 3.55. The van der Waals surface area contributed by atoms with Crippen LogP contribution in [0.15, 0.2) is 42.5 Å². The van der Waals surface area contributed by atoms with E-state index in [1.807, 2.05) is 12.1 Å².